The monoisotopic (exact) mass is 261 g/mol. The Bertz CT molecular complexity index is 606. The molecule has 0 unspecified atom stereocenters. The Balaban J connectivity index is 2.31. The van der Waals surface area contributed by atoms with E-state index in [-0.39, 0.29) is 5.78 Å². The van der Waals surface area contributed by atoms with Crippen LogP contribution in [0.2, 0.25) is 0 Å². The number of ketones is 1. The predicted octanol–water partition coefficient (Wildman–Crippen LogP) is 2.40. The predicted molar refractivity (Wildman–Crippen MR) is 71.7 cm³/mol. The normalized spacial score (nSPS) is 10.5. The molecule has 0 bridgehead atoms. The number of nitrogens with zero attached hydrogens (tertiary/aromatic N) is 3. The zero-order valence-corrected chi connectivity index (χ0v) is 11.2. The van der Waals surface area contributed by atoms with Gasteiger partial charge in [-0.2, -0.15) is 0 Å². The largest absolute Gasteiger partial charge is 0.367 e. The number of halogens is 1. The van der Waals surface area contributed by atoms with Gasteiger partial charge >= 0.3 is 0 Å². The maximum atomic E-state index is 13.2. The SMILES string of the molecule is CC(=O)c1cc(F)ccc1N(C)Cc1nccn1C. The molecule has 1 aromatic carbocycles. The molecule has 0 N–H and O–H groups in total. The van der Waals surface area contributed by atoms with E-state index in [2.05, 4.69) is 4.98 Å². The lowest BCUT2D eigenvalue weighted by Gasteiger charge is -2.21. The van der Waals surface area contributed by atoms with E-state index in [1.807, 2.05) is 29.8 Å². The van der Waals surface area contributed by atoms with Gasteiger partial charge in [-0.05, 0) is 25.1 Å². The molecule has 0 aliphatic carbocycles. The minimum absolute atomic E-state index is 0.152. The molecule has 0 atom stereocenters. The van der Waals surface area contributed by atoms with Crippen LogP contribution in [0, 0.1) is 5.82 Å². The molecule has 0 amide bonds. The molecule has 0 radical (unpaired) electrons. The van der Waals surface area contributed by atoms with Crippen molar-refractivity contribution >= 4 is 11.5 Å². The number of hydrogen-bond acceptors (Lipinski definition) is 3. The summed E-state index contributed by atoms with van der Waals surface area (Å²) in [4.78, 5) is 17.7. The molecule has 2 rings (SSSR count). The summed E-state index contributed by atoms with van der Waals surface area (Å²) >= 11 is 0. The summed E-state index contributed by atoms with van der Waals surface area (Å²) in [6.07, 6.45) is 3.58. The average molecular weight is 261 g/mol. The number of Topliss-reactive ketones (excluding diaryl/α,β-unsaturated/α-hetero) is 1. The summed E-state index contributed by atoms with van der Waals surface area (Å²) < 4.78 is 15.1. The van der Waals surface area contributed by atoms with Gasteiger partial charge in [-0.3, -0.25) is 4.79 Å². The second kappa shape index (κ2) is 5.22. The zero-order valence-electron chi connectivity index (χ0n) is 11.2. The van der Waals surface area contributed by atoms with Crippen molar-refractivity contribution in [1.82, 2.24) is 9.55 Å². The van der Waals surface area contributed by atoms with Crippen molar-refractivity contribution < 1.29 is 9.18 Å². The number of anilines is 1. The Kier molecular flexibility index (Phi) is 3.64. The third-order valence-corrected chi connectivity index (χ3v) is 3.05. The second-order valence-corrected chi connectivity index (χ2v) is 4.53. The van der Waals surface area contributed by atoms with Crippen LogP contribution in [0.3, 0.4) is 0 Å². The first-order chi connectivity index (χ1) is 8.99. The molecule has 1 aromatic heterocycles. The molecular formula is C14H16FN3O. The highest BCUT2D eigenvalue weighted by Crippen LogP contribution is 2.22. The minimum atomic E-state index is -0.403. The lowest BCUT2D eigenvalue weighted by atomic mass is 10.1. The maximum Gasteiger partial charge on any atom is 0.161 e. The fourth-order valence-corrected chi connectivity index (χ4v) is 1.97. The van der Waals surface area contributed by atoms with Gasteiger partial charge in [-0.15, -0.1) is 0 Å². The highest BCUT2D eigenvalue weighted by molar-refractivity contribution is 5.99. The van der Waals surface area contributed by atoms with E-state index in [0.717, 1.165) is 5.82 Å². The van der Waals surface area contributed by atoms with E-state index in [9.17, 15) is 9.18 Å². The molecule has 0 saturated heterocycles. The topological polar surface area (TPSA) is 38.1 Å². The third-order valence-electron chi connectivity index (χ3n) is 3.05. The van der Waals surface area contributed by atoms with Crippen molar-refractivity contribution in [3.8, 4) is 0 Å². The summed E-state index contributed by atoms with van der Waals surface area (Å²) in [5.41, 5.74) is 1.09. The molecule has 19 heavy (non-hydrogen) atoms. The summed E-state index contributed by atoms with van der Waals surface area (Å²) in [5, 5.41) is 0. The van der Waals surface area contributed by atoms with E-state index >= 15 is 0 Å². The number of aryl methyl sites for hydroxylation is 1. The standard InChI is InChI=1S/C14H16FN3O/c1-10(19)12-8-11(15)4-5-13(12)18(3)9-14-16-6-7-17(14)2/h4-8H,9H2,1-3H3. The third kappa shape index (κ3) is 2.81. The van der Waals surface area contributed by atoms with Gasteiger partial charge in [-0.25, -0.2) is 9.37 Å². The van der Waals surface area contributed by atoms with Crippen molar-refractivity contribution in [1.29, 1.82) is 0 Å². The number of carbonyl (C=O) groups excluding carboxylic acids is 1. The molecule has 0 spiro atoms. The first-order valence-corrected chi connectivity index (χ1v) is 5.97. The summed E-state index contributed by atoms with van der Waals surface area (Å²) in [6, 6.07) is 4.25. The van der Waals surface area contributed by atoms with Crippen LogP contribution in [0.4, 0.5) is 10.1 Å². The Morgan fingerprint density at radius 3 is 2.79 bits per heavy atom. The Hall–Kier alpha value is -2.17. The Labute approximate surface area is 111 Å². The highest BCUT2D eigenvalue weighted by Gasteiger charge is 2.13. The minimum Gasteiger partial charge on any atom is -0.367 e. The highest BCUT2D eigenvalue weighted by atomic mass is 19.1. The van der Waals surface area contributed by atoms with E-state index in [1.54, 1.807) is 12.3 Å². The van der Waals surface area contributed by atoms with Crippen LogP contribution in [-0.4, -0.2) is 22.4 Å². The van der Waals surface area contributed by atoms with Crippen molar-refractivity contribution in [3.05, 3.63) is 47.8 Å². The van der Waals surface area contributed by atoms with Gasteiger partial charge in [0.2, 0.25) is 0 Å². The van der Waals surface area contributed by atoms with Crippen molar-refractivity contribution in [2.75, 3.05) is 11.9 Å². The number of rotatable bonds is 4. The van der Waals surface area contributed by atoms with Crippen LogP contribution in [0.1, 0.15) is 23.1 Å². The van der Waals surface area contributed by atoms with E-state index in [1.165, 1.54) is 19.1 Å². The van der Waals surface area contributed by atoms with Crippen LogP contribution in [0.15, 0.2) is 30.6 Å². The van der Waals surface area contributed by atoms with Crippen LogP contribution in [-0.2, 0) is 13.6 Å². The lowest BCUT2D eigenvalue weighted by molar-refractivity contribution is 0.101. The van der Waals surface area contributed by atoms with Gasteiger partial charge in [0.25, 0.3) is 0 Å². The van der Waals surface area contributed by atoms with Crippen molar-refractivity contribution in [2.45, 2.75) is 13.5 Å². The van der Waals surface area contributed by atoms with Crippen molar-refractivity contribution in [2.24, 2.45) is 7.05 Å². The van der Waals surface area contributed by atoms with Gasteiger partial charge in [-0.1, -0.05) is 0 Å². The number of benzene rings is 1. The molecule has 2 aromatic rings. The van der Waals surface area contributed by atoms with Gasteiger partial charge in [0.1, 0.15) is 11.6 Å². The smallest absolute Gasteiger partial charge is 0.161 e. The number of aromatic nitrogens is 2. The fourth-order valence-electron chi connectivity index (χ4n) is 1.97. The van der Waals surface area contributed by atoms with Crippen LogP contribution in [0.5, 0.6) is 0 Å². The number of hydrogen-bond donors (Lipinski definition) is 0. The summed E-state index contributed by atoms with van der Waals surface area (Å²) in [7, 11) is 3.76. The quantitative estimate of drug-likeness (QED) is 0.793. The molecule has 0 fully saturated rings. The molecule has 0 aliphatic heterocycles. The molecule has 5 heteroatoms. The number of carbonyl (C=O) groups is 1. The molecule has 4 nitrogen and oxygen atoms in total. The van der Waals surface area contributed by atoms with Gasteiger partial charge in [0.05, 0.1) is 6.54 Å². The first kappa shape index (κ1) is 13.3. The van der Waals surface area contributed by atoms with Gasteiger partial charge in [0, 0.05) is 37.7 Å². The molecule has 100 valence electrons. The second-order valence-electron chi connectivity index (χ2n) is 4.53. The van der Waals surface area contributed by atoms with Crippen LogP contribution in [0.25, 0.3) is 0 Å². The summed E-state index contributed by atoms with van der Waals surface area (Å²) in [6.45, 7) is 1.99. The van der Waals surface area contributed by atoms with Crippen molar-refractivity contribution in [3.63, 3.8) is 0 Å². The molecular weight excluding hydrogens is 245 g/mol. The molecule has 1 heterocycles. The zero-order chi connectivity index (χ0) is 14.0. The van der Waals surface area contributed by atoms with Gasteiger partial charge in [0.15, 0.2) is 5.78 Å². The lowest BCUT2D eigenvalue weighted by Crippen LogP contribution is -2.21. The first-order valence-electron chi connectivity index (χ1n) is 5.97. The van der Waals surface area contributed by atoms with E-state index < -0.39 is 5.82 Å². The van der Waals surface area contributed by atoms with Gasteiger partial charge < -0.3 is 9.47 Å². The molecule has 0 saturated carbocycles. The van der Waals surface area contributed by atoms with E-state index in [0.29, 0.717) is 17.8 Å². The average Bonchev–Trinajstić information content (AvgIpc) is 2.74. The van der Waals surface area contributed by atoms with Crippen LogP contribution < -0.4 is 4.90 Å². The van der Waals surface area contributed by atoms with Crippen LogP contribution >= 0.6 is 0 Å². The molecule has 0 aliphatic rings. The Morgan fingerprint density at radius 2 is 2.21 bits per heavy atom. The maximum absolute atomic E-state index is 13.2. The Morgan fingerprint density at radius 1 is 1.47 bits per heavy atom. The number of imidazole rings is 1. The van der Waals surface area contributed by atoms with E-state index in [4.69, 9.17) is 0 Å². The fraction of sp³-hybridized carbons (Fsp3) is 0.286. The summed E-state index contributed by atoms with van der Waals surface area (Å²) in [5.74, 6) is 0.321.